The highest BCUT2D eigenvalue weighted by Gasteiger charge is 2.41. The molecule has 1 aromatic carbocycles. The van der Waals surface area contributed by atoms with Gasteiger partial charge in [0, 0.05) is 13.0 Å². The molecule has 1 aliphatic rings. The zero-order valence-corrected chi connectivity index (χ0v) is 13.2. The molecule has 122 valence electrons. The van der Waals surface area contributed by atoms with Crippen molar-refractivity contribution in [2.75, 3.05) is 19.7 Å². The molecule has 0 unspecified atom stereocenters. The predicted molar refractivity (Wildman–Crippen MR) is 83.0 cm³/mol. The first kappa shape index (κ1) is 15.8. The number of hydrogen-bond donors (Lipinski definition) is 2. The van der Waals surface area contributed by atoms with Gasteiger partial charge >= 0.3 is 0 Å². The smallest absolute Gasteiger partial charge is 0.226 e. The molecule has 8 heteroatoms. The average molecular weight is 337 g/mol. The van der Waals surface area contributed by atoms with Crippen LogP contribution in [0.3, 0.4) is 0 Å². The van der Waals surface area contributed by atoms with Gasteiger partial charge in [-0.3, -0.25) is 4.79 Å². The number of para-hydroxylation sites is 1. The van der Waals surface area contributed by atoms with E-state index in [1.807, 2.05) is 12.1 Å². The number of rotatable bonds is 5. The number of aliphatic hydroxyl groups is 1. The molecule has 2 heterocycles. The second-order valence-corrected chi connectivity index (χ2v) is 5.89. The summed E-state index contributed by atoms with van der Waals surface area (Å²) < 4.78 is 5.52. The molecule has 7 nitrogen and oxygen atoms in total. The Labute approximate surface area is 138 Å². The third-order valence-corrected chi connectivity index (χ3v) is 4.21. The Bertz CT molecular complexity index is 679. The molecule has 1 aliphatic heterocycles. The lowest BCUT2D eigenvalue weighted by molar-refractivity contribution is -0.131. The van der Waals surface area contributed by atoms with Crippen molar-refractivity contribution in [2.45, 2.75) is 18.4 Å². The van der Waals surface area contributed by atoms with Crippen molar-refractivity contribution < 1.29 is 14.6 Å². The number of carbonyl (C=O) groups excluding carboxylic acids is 1. The van der Waals surface area contributed by atoms with Crippen LogP contribution in [-0.2, 0) is 10.4 Å². The number of amides is 1. The van der Waals surface area contributed by atoms with Crippen molar-refractivity contribution in [1.29, 1.82) is 0 Å². The summed E-state index contributed by atoms with van der Waals surface area (Å²) in [5.41, 5.74) is -0.674. The molecule has 1 aromatic heterocycles. The molecule has 0 saturated carbocycles. The number of nitrogens with zero attached hydrogens (tertiary/aromatic N) is 3. The number of nitrogens with one attached hydrogen (secondary N) is 1. The number of halogens is 1. The van der Waals surface area contributed by atoms with E-state index in [1.165, 1.54) is 6.20 Å². The van der Waals surface area contributed by atoms with Crippen LogP contribution in [0.5, 0.6) is 5.75 Å². The molecule has 2 N–H and O–H groups in total. The highest BCUT2D eigenvalue weighted by Crippen LogP contribution is 2.30. The predicted octanol–water partition coefficient (Wildman–Crippen LogP) is 1.35. The van der Waals surface area contributed by atoms with E-state index in [0.29, 0.717) is 29.4 Å². The normalized spacial score (nSPS) is 20.7. The average Bonchev–Trinajstić information content (AvgIpc) is 3.19. The van der Waals surface area contributed by atoms with Crippen LogP contribution in [0.25, 0.3) is 0 Å². The second-order valence-electron chi connectivity index (χ2n) is 5.48. The third kappa shape index (κ3) is 3.46. The minimum absolute atomic E-state index is 0.0727. The van der Waals surface area contributed by atoms with Crippen molar-refractivity contribution in [3.8, 4) is 5.75 Å². The minimum Gasteiger partial charge on any atom is -0.491 e. The number of hydrogen-bond acceptors (Lipinski definition) is 5. The van der Waals surface area contributed by atoms with E-state index in [4.69, 9.17) is 16.3 Å². The molecule has 0 spiro atoms. The topological polar surface area (TPSA) is 91.3 Å². The Morgan fingerprint density at radius 1 is 1.48 bits per heavy atom. The Morgan fingerprint density at radius 2 is 2.30 bits per heavy atom. The maximum Gasteiger partial charge on any atom is 0.226 e. The SMILES string of the molecule is O=C(CCOc1ccccc1Cl)N1CC[C@](O)(c2cn[nH]n2)C1. The van der Waals surface area contributed by atoms with Crippen LogP contribution in [0.1, 0.15) is 18.5 Å². The quantitative estimate of drug-likeness (QED) is 0.860. The van der Waals surface area contributed by atoms with Gasteiger partial charge < -0.3 is 14.7 Å². The van der Waals surface area contributed by atoms with Crippen LogP contribution in [0.4, 0.5) is 0 Å². The summed E-state index contributed by atoms with van der Waals surface area (Å²) in [6, 6.07) is 7.13. The van der Waals surface area contributed by atoms with Gasteiger partial charge in [0.15, 0.2) is 0 Å². The number of H-pyrrole nitrogens is 1. The number of ether oxygens (including phenoxy) is 1. The van der Waals surface area contributed by atoms with E-state index in [1.54, 1.807) is 17.0 Å². The van der Waals surface area contributed by atoms with Crippen LogP contribution in [0, 0.1) is 0 Å². The number of likely N-dealkylation sites (tertiary alicyclic amines) is 1. The molecule has 1 amide bonds. The van der Waals surface area contributed by atoms with Crippen LogP contribution < -0.4 is 4.74 Å². The lowest BCUT2D eigenvalue weighted by Gasteiger charge is -2.21. The van der Waals surface area contributed by atoms with Gasteiger partial charge in [0.1, 0.15) is 17.0 Å². The molecule has 2 aromatic rings. The van der Waals surface area contributed by atoms with E-state index in [9.17, 15) is 9.90 Å². The van der Waals surface area contributed by atoms with E-state index < -0.39 is 5.60 Å². The molecule has 0 bridgehead atoms. The van der Waals surface area contributed by atoms with Crippen molar-refractivity contribution in [1.82, 2.24) is 20.3 Å². The first-order chi connectivity index (χ1) is 11.1. The lowest BCUT2D eigenvalue weighted by Crippen LogP contribution is -2.35. The maximum absolute atomic E-state index is 12.2. The third-order valence-electron chi connectivity index (χ3n) is 3.90. The fraction of sp³-hybridized carbons (Fsp3) is 0.400. The molecule has 1 fully saturated rings. The maximum atomic E-state index is 12.2. The molecule has 3 rings (SSSR count). The number of β-amino-alcohol motifs (C(OH)–C–C–N with tert-alkyl or cyclic N) is 1. The van der Waals surface area contributed by atoms with Crippen molar-refractivity contribution in [2.24, 2.45) is 0 Å². The van der Waals surface area contributed by atoms with E-state index in [0.717, 1.165) is 0 Å². The molecule has 23 heavy (non-hydrogen) atoms. The van der Waals surface area contributed by atoms with Gasteiger partial charge in [0.25, 0.3) is 0 Å². The number of aromatic nitrogens is 3. The summed E-state index contributed by atoms with van der Waals surface area (Å²) in [6.07, 6.45) is 2.14. The van der Waals surface area contributed by atoms with Crippen LogP contribution in [0.15, 0.2) is 30.5 Å². The first-order valence-electron chi connectivity index (χ1n) is 7.32. The number of carbonyl (C=O) groups is 1. The van der Waals surface area contributed by atoms with Gasteiger partial charge in [-0.05, 0) is 12.1 Å². The summed E-state index contributed by atoms with van der Waals surface area (Å²) >= 11 is 5.99. The summed E-state index contributed by atoms with van der Waals surface area (Å²) in [4.78, 5) is 13.9. The molecule has 0 radical (unpaired) electrons. The summed E-state index contributed by atoms with van der Waals surface area (Å²) in [5, 5.41) is 21.2. The van der Waals surface area contributed by atoms with Crippen molar-refractivity contribution in [3.63, 3.8) is 0 Å². The van der Waals surface area contributed by atoms with Crippen molar-refractivity contribution >= 4 is 17.5 Å². The van der Waals surface area contributed by atoms with Gasteiger partial charge in [0.05, 0.1) is 30.8 Å². The zero-order chi connectivity index (χ0) is 16.3. The van der Waals surface area contributed by atoms with E-state index >= 15 is 0 Å². The standard InChI is InChI=1S/C15H17ClN4O3/c16-11-3-1-2-4-12(11)23-8-5-14(21)20-7-6-15(22,10-20)13-9-17-19-18-13/h1-4,9,22H,5-8,10H2,(H,17,18,19)/t15-/m1/s1. The van der Waals surface area contributed by atoms with Gasteiger partial charge in [0.2, 0.25) is 5.91 Å². The summed E-state index contributed by atoms with van der Waals surface area (Å²) in [7, 11) is 0. The molecular weight excluding hydrogens is 320 g/mol. The highest BCUT2D eigenvalue weighted by atomic mass is 35.5. The fourth-order valence-corrected chi connectivity index (χ4v) is 2.80. The minimum atomic E-state index is -1.13. The lowest BCUT2D eigenvalue weighted by atomic mass is 10.0. The van der Waals surface area contributed by atoms with E-state index in [-0.39, 0.29) is 25.5 Å². The summed E-state index contributed by atoms with van der Waals surface area (Å²) in [5.74, 6) is 0.485. The van der Waals surface area contributed by atoms with Crippen molar-refractivity contribution in [3.05, 3.63) is 41.2 Å². The Hall–Kier alpha value is -2.12. The molecule has 1 atom stereocenters. The second kappa shape index (κ2) is 6.55. The first-order valence-corrected chi connectivity index (χ1v) is 7.70. The zero-order valence-electron chi connectivity index (χ0n) is 12.4. The van der Waals surface area contributed by atoms with Crippen LogP contribution >= 0.6 is 11.6 Å². The van der Waals surface area contributed by atoms with Gasteiger partial charge in [-0.25, -0.2) is 0 Å². The monoisotopic (exact) mass is 336 g/mol. The van der Waals surface area contributed by atoms with Gasteiger partial charge in [-0.1, -0.05) is 23.7 Å². The number of benzene rings is 1. The Balaban J connectivity index is 1.51. The van der Waals surface area contributed by atoms with E-state index in [2.05, 4.69) is 15.4 Å². The van der Waals surface area contributed by atoms with Crippen LogP contribution in [0.2, 0.25) is 5.02 Å². The Kier molecular flexibility index (Phi) is 4.49. The highest BCUT2D eigenvalue weighted by molar-refractivity contribution is 6.32. The molecule has 1 saturated heterocycles. The summed E-state index contributed by atoms with van der Waals surface area (Å²) in [6.45, 7) is 0.931. The fourth-order valence-electron chi connectivity index (χ4n) is 2.61. The molecule has 0 aliphatic carbocycles. The Morgan fingerprint density at radius 3 is 3.04 bits per heavy atom. The van der Waals surface area contributed by atoms with Gasteiger partial charge in [-0.15, -0.1) is 0 Å². The number of aromatic amines is 1. The van der Waals surface area contributed by atoms with Gasteiger partial charge in [-0.2, -0.15) is 15.4 Å². The largest absolute Gasteiger partial charge is 0.491 e. The van der Waals surface area contributed by atoms with Crippen LogP contribution in [-0.4, -0.2) is 51.0 Å². The molecular formula is C15H17ClN4O3.